The molecule has 36 heavy (non-hydrogen) atoms. The van der Waals surface area contributed by atoms with Crippen LogP contribution in [0.5, 0.6) is 0 Å². The average Bonchev–Trinajstić information content (AvgIpc) is 2.89. The number of carbonyl (C=O) groups excluding carboxylic acids is 1. The zero-order valence-corrected chi connectivity index (χ0v) is 21.0. The number of hydrogen-bond donors (Lipinski definition) is 4. The molecule has 1 atom stereocenters. The van der Waals surface area contributed by atoms with Crippen molar-refractivity contribution < 1.29 is 9.18 Å². The molecule has 0 radical (unpaired) electrons. The molecular formula is C29H29FN4OS. The van der Waals surface area contributed by atoms with E-state index in [1.807, 2.05) is 37.3 Å². The number of rotatable bonds is 10. The average molecular weight is 501 g/mol. The minimum atomic E-state index is -0.923. The van der Waals surface area contributed by atoms with Gasteiger partial charge in [-0.05, 0) is 79.8 Å². The standard InChI is InChI=1S/C29H29FN4OS/c1-20-5-4-6-21(15-20)17-29(28(35)26-7-2-3-13-32-26)18-22(19-31)27(16-23(29)12-14-33-36)34-25-10-8-24(30)9-11-25/h2-11,13,15-16,19,31,33-34,36H,12,14,17-18H2,1H3. The van der Waals surface area contributed by atoms with Crippen LogP contribution in [0.4, 0.5) is 10.1 Å². The molecule has 3 aromatic rings. The van der Waals surface area contributed by atoms with E-state index in [0.29, 0.717) is 42.8 Å². The van der Waals surface area contributed by atoms with E-state index in [1.165, 1.54) is 18.3 Å². The Kier molecular flexibility index (Phi) is 8.13. The Balaban J connectivity index is 1.84. The van der Waals surface area contributed by atoms with Crippen LogP contribution in [0, 0.1) is 23.6 Å². The molecule has 1 aliphatic carbocycles. The SMILES string of the molecule is Cc1cccc(CC2(C(=O)c3ccccn3)CC(C=N)=C(Nc3ccc(F)cc3)C=C2CCNS)c1. The number of aryl methyl sites for hydroxylation is 1. The number of carbonyl (C=O) groups is 1. The maximum Gasteiger partial charge on any atom is 0.192 e. The molecule has 0 spiro atoms. The number of benzene rings is 2. The Morgan fingerprint density at radius 3 is 2.64 bits per heavy atom. The maximum atomic E-state index is 14.2. The van der Waals surface area contributed by atoms with Crippen LogP contribution in [0.1, 0.15) is 34.5 Å². The van der Waals surface area contributed by atoms with E-state index in [9.17, 15) is 9.18 Å². The van der Waals surface area contributed by atoms with Gasteiger partial charge in [0.2, 0.25) is 0 Å². The molecule has 0 aliphatic heterocycles. The Bertz CT molecular complexity index is 1300. The second-order valence-electron chi connectivity index (χ2n) is 9.01. The van der Waals surface area contributed by atoms with Gasteiger partial charge in [0.15, 0.2) is 5.78 Å². The number of nitrogens with one attached hydrogen (secondary N) is 3. The third kappa shape index (κ3) is 5.64. The lowest BCUT2D eigenvalue weighted by molar-refractivity contribution is 0.0826. The van der Waals surface area contributed by atoms with Gasteiger partial charge in [0.25, 0.3) is 0 Å². The second kappa shape index (κ2) is 11.5. The normalized spacial score (nSPS) is 17.5. The highest BCUT2D eigenvalue weighted by Gasteiger charge is 2.45. The van der Waals surface area contributed by atoms with Gasteiger partial charge >= 0.3 is 0 Å². The van der Waals surface area contributed by atoms with Crippen molar-refractivity contribution in [2.45, 2.75) is 26.2 Å². The van der Waals surface area contributed by atoms with Crippen LogP contribution in [0.2, 0.25) is 0 Å². The first-order chi connectivity index (χ1) is 17.4. The molecule has 1 heterocycles. The van der Waals surface area contributed by atoms with Crippen LogP contribution in [-0.4, -0.2) is 23.5 Å². The number of thiol groups is 1. The Morgan fingerprint density at radius 2 is 1.97 bits per heavy atom. The summed E-state index contributed by atoms with van der Waals surface area (Å²) in [6.07, 6.45) is 6.28. The summed E-state index contributed by atoms with van der Waals surface area (Å²) in [4.78, 5) is 18.6. The number of aromatic nitrogens is 1. The van der Waals surface area contributed by atoms with Crippen molar-refractivity contribution in [2.75, 3.05) is 11.9 Å². The van der Waals surface area contributed by atoms with E-state index in [0.717, 1.165) is 22.4 Å². The number of pyridine rings is 1. The van der Waals surface area contributed by atoms with E-state index in [-0.39, 0.29) is 11.6 Å². The number of allylic oxidation sites excluding steroid dienone is 2. The number of ketones is 1. The molecule has 0 amide bonds. The highest BCUT2D eigenvalue weighted by molar-refractivity contribution is 7.78. The molecule has 7 heteroatoms. The van der Waals surface area contributed by atoms with Crippen molar-refractivity contribution in [3.63, 3.8) is 0 Å². The fraction of sp³-hybridized carbons (Fsp3) is 0.207. The molecule has 0 saturated heterocycles. The summed E-state index contributed by atoms with van der Waals surface area (Å²) in [6.45, 7) is 2.59. The molecule has 4 rings (SSSR count). The van der Waals surface area contributed by atoms with Crippen LogP contribution < -0.4 is 10.0 Å². The second-order valence-corrected chi connectivity index (χ2v) is 9.33. The van der Waals surface area contributed by atoms with Crippen molar-refractivity contribution in [3.8, 4) is 0 Å². The number of nitrogens with zero attached hydrogens (tertiary/aromatic N) is 1. The zero-order valence-electron chi connectivity index (χ0n) is 20.1. The summed E-state index contributed by atoms with van der Waals surface area (Å²) in [5.74, 6) is -0.394. The monoisotopic (exact) mass is 500 g/mol. The Morgan fingerprint density at radius 1 is 1.17 bits per heavy atom. The lowest BCUT2D eigenvalue weighted by Gasteiger charge is -2.39. The molecular weight excluding hydrogens is 471 g/mol. The van der Waals surface area contributed by atoms with Crippen LogP contribution in [-0.2, 0) is 6.42 Å². The van der Waals surface area contributed by atoms with Gasteiger partial charge in [0.05, 0.1) is 5.41 Å². The molecule has 3 N–H and O–H groups in total. The van der Waals surface area contributed by atoms with Crippen molar-refractivity contribution in [1.82, 2.24) is 9.71 Å². The molecule has 0 bridgehead atoms. The topological polar surface area (TPSA) is 77.9 Å². The van der Waals surface area contributed by atoms with Crippen molar-refractivity contribution in [3.05, 3.63) is 118 Å². The maximum absolute atomic E-state index is 14.2. The molecule has 1 aliphatic rings. The molecule has 5 nitrogen and oxygen atoms in total. The van der Waals surface area contributed by atoms with Gasteiger partial charge in [-0.3, -0.25) is 14.5 Å². The van der Waals surface area contributed by atoms with Crippen LogP contribution in [0.25, 0.3) is 0 Å². The van der Waals surface area contributed by atoms with Crippen LogP contribution in [0.3, 0.4) is 0 Å². The quantitative estimate of drug-likeness (QED) is 0.154. The van der Waals surface area contributed by atoms with Gasteiger partial charge in [-0.1, -0.05) is 54.3 Å². The molecule has 0 fully saturated rings. The summed E-state index contributed by atoms with van der Waals surface area (Å²) in [5.41, 5.74) is 4.68. The van der Waals surface area contributed by atoms with Gasteiger partial charge in [-0.2, -0.15) is 0 Å². The van der Waals surface area contributed by atoms with Crippen LogP contribution >= 0.6 is 12.8 Å². The minimum absolute atomic E-state index is 0.0739. The lowest BCUT2D eigenvalue weighted by atomic mass is 9.63. The lowest BCUT2D eigenvalue weighted by Crippen LogP contribution is -2.40. The fourth-order valence-corrected chi connectivity index (χ4v) is 4.88. The van der Waals surface area contributed by atoms with Crippen molar-refractivity contribution in [2.24, 2.45) is 5.41 Å². The van der Waals surface area contributed by atoms with E-state index in [2.05, 4.69) is 33.9 Å². The first-order valence-corrected chi connectivity index (χ1v) is 12.3. The molecule has 2 aromatic carbocycles. The number of halogens is 1. The first kappa shape index (κ1) is 25.5. The van der Waals surface area contributed by atoms with Gasteiger partial charge in [0.1, 0.15) is 11.5 Å². The summed E-state index contributed by atoms with van der Waals surface area (Å²) in [5, 5.41) is 11.5. The van der Waals surface area contributed by atoms with E-state index in [1.54, 1.807) is 30.5 Å². The smallest absolute Gasteiger partial charge is 0.192 e. The molecule has 1 unspecified atom stereocenters. The van der Waals surface area contributed by atoms with E-state index < -0.39 is 5.41 Å². The highest BCUT2D eigenvalue weighted by Crippen LogP contribution is 2.46. The summed E-state index contributed by atoms with van der Waals surface area (Å²) >= 11 is 4.19. The van der Waals surface area contributed by atoms with Crippen molar-refractivity contribution in [1.29, 1.82) is 5.41 Å². The van der Waals surface area contributed by atoms with E-state index >= 15 is 0 Å². The highest BCUT2D eigenvalue weighted by atomic mass is 32.1. The molecule has 184 valence electrons. The Hall–Kier alpha value is -3.55. The zero-order chi connectivity index (χ0) is 25.5. The van der Waals surface area contributed by atoms with Gasteiger partial charge in [-0.25, -0.2) is 4.39 Å². The summed E-state index contributed by atoms with van der Waals surface area (Å²) in [6, 6.07) is 19.6. The predicted molar refractivity (Wildman–Crippen MR) is 146 cm³/mol. The Labute approximate surface area is 216 Å². The molecule has 0 saturated carbocycles. The molecule has 1 aromatic heterocycles. The van der Waals surface area contributed by atoms with E-state index in [4.69, 9.17) is 5.41 Å². The number of hydrogen-bond acceptors (Lipinski definition) is 6. The van der Waals surface area contributed by atoms with Gasteiger partial charge in [-0.15, -0.1) is 0 Å². The first-order valence-electron chi connectivity index (χ1n) is 11.8. The minimum Gasteiger partial charge on any atom is -0.355 e. The predicted octanol–water partition coefficient (Wildman–Crippen LogP) is 6.11. The van der Waals surface area contributed by atoms with Crippen LogP contribution in [0.15, 0.2) is 95.8 Å². The summed E-state index contributed by atoms with van der Waals surface area (Å²) < 4.78 is 16.4. The third-order valence-electron chi connectivity index (χ3n) is 6.50. The van der Waals surface area contributed by atoms with Crippen molar-refractivity contribution >= 4 is 30.5 Å². The fourth-order valence-electron chi connectivity index (χ4n) is 4.77. The largest absolute Gasteiger partial charge is 0.355 e. The number of Topliss-reactive ketones (excluding diaryl/α,β-unsaturated/α-hetero) is 1. The van der Waals surface area contributed by atoms with Gasteiger partial charge < -0.3 is 10.7 Å². The van der Waals surface area contributed by atoms with Gasteiger partial charge in [0, 0.05) is 30.3 Å². The number of anilines is 1. The summed E-state index contributed by atoms with van der Waals surface area (Å²) in [7, 11) is 0. The third-order valence-corrected chi connectivity index (χ3v) is 6.72.